The normalized spacial score (nSPS) is 20.2. The van der Waals surface area contributed by atoms with Crippen molar-refractivity contribution in [3.63, 3.8) is 0 Å². The number of hydrogen-bond donors (Lipinski definition) is 2. The van der Waals surface area contributed by atoms with E-state index >= 15 is 0 Å². The summed E-state index contributed by atoms with van der Waals surface area (Å²) >= 11 is 12.7. The number of hydrogen-bond acceptors (Lipinski definition) is 7. The summed E-state index contributed by atoms with van der Waals surface area (Å²) < 4.78 is 20.7. The van der Waals surface area contributed by atoms with Gasteiger partial charge in [0.2, 0.25) is 5.79 Å². The number of carboxylic acids is 1. The minimum atomic E-state index is -1.13. The number of halogens is 2. The number of carboxylic acid groups (broad SMARTS) is 1. The van der Waals surface area contributed by atoms with E-state index in [1.807, 2.05) is 71.4 Å². The third-order valence-corrected chi connectivity index (χ3v) is 8.78. The summed E-state index contributed by atoms with van der Waals surface area (Å²) in [5, 5.41) is 13.3. The standard InChI is InChI=1S/C34H35Cl2N5O6/c35-25-6-11-29(30(36)19-25)34(22-39-13-12-37-23-39)46-21-28(47-34)20-45-27-9-7-26(8-10-27)40-14-16-41(17-15-40)33(44)38-31(32(42)43)18-24-4-2-1-3-5-24/h1-13,19,23,28,31H,14-18,20-22H2,(H,38,44)(H,42,43)/t28-,31-,34-/m0/s1. The number of benzene rings is 3. The SMILES string of the molecule is O=C(O)[C@H](Cc1ccccc1)NC(=O)N1CCN(c2ccc(OC[C@H]3CO[C@](Cn4ccnc4)(c4ccc(Cl)cc4Cl)O3)cc2)CC1. The van der Waals surface area contributed by atoms with Gasteiger partial charge in [-0.05, 0) is 42.0 Å². The lowest BCUT2D eigenvalue weighted by Gasteiger charge is -2.36. The fourth-order valence-corrected chi connectivity index (χ4v) is 6.33. The maximum atomic E-state index is 12.9. The molecule has 0 bridgehead atoms. The maximum Gasteiger partial charge on any atom is 0.326 e. The van der Waals surface area contributed by atoms with Gasteiger partial charge in [-0.2, -0.15) is 0 Å². The van der Waals surface area contributed by atoms with Gasteiger partial charge in [0.25, 0.3) is 0 Å². The second-order valence-corrected chi connectivity index (χ2v) is 12.3. The number of imidazole rings is 1. The summed E-state index contributed by atoms with van der Waals surface area (Å²) in [6.07, 6.45) is 5.09. The number of carbonyl (C=O) groups excluding carboxylic acids is 1. The Morgan fingerprint density at radius 2 is 1.81 bits per heavy atom. The van der Waals surface area contributed by atoms with Gasteiger partial charge in [0.05, 0.1) is 24.5 Å². The number of anilines is 1. The van der Waals surface area contributed by atoms with Gasteiger partial charge in [-0.1, -0.05) is 59.6 Å². The first-order chi connectivity index (χ1) is 22.8. The van der Waals surface area contributed by atoms with Crippen LogP contribution in [0.15, 0.2) is 91.5 Å². The lowest BCUT2D eigenvalue weighted by Crippen LogP contribution is -2.55. The highest BCUT2D eigenvalue weighted by Gasteiger charge is 2.45. The molecule has 3 aromatic carbocycles. The quantitative estimate of drug-likeness (QED) is 0.226. The number of piperazine rings is 1. The van der Waals surface area contributed by atoms with Gasteiger partial charge in [-0.15, -0.1) is 0 Å². The van der Waals surface area contributed by atoms with Crippen LogP contribution in [0, 0.1) is 0 Å². The van der Waals surface area contributed by atoms with Gasteiger partial charge >= 0.3 is 12.0 Å². The monoisotopic (exact) mass is 679 g/mol. The first-order valence-electron chi connectivity index (χ1n) is 15.3. The Balaban J connectivity index is 1.000. The number of carbonyl (C=O) groups is 2. The van der Waals surface area contributed by atoms with E-state index in [1.165, 1.54) is 0 Å². The van der Waals surface area contributed by atoms with Crippen LogP contribution in [0.2, 0.25) is 10.0 Å². The molecule has 3 heterocycles. The Morgan fingerprint density at radius 3 is 2.49 bits per heavy atom. The average Bonchev–Trinajstić information content (AvgIpc) is 3.75. The minimum Gasteiger partial charge on any atom is -0.491 e. The molecule has 2 fully saturated rings. The van der Waals surface area contributed by atoms with E-state index in [4.69, 9.17) is 37.4 Å². The van der Waals surface area contributed by atoms with Gasteiger partial charge in [-0.3, -0.25) is 0 Å². The van der Waals surface area contributed by atoms with Crippen LogP contribution in [0.4, 0.5) is 10.5 Å². The molecule has 4 aromatic rings. The molecule has 2 amide bonds. The molecule has 47 heavy (non-hydrogen) atoms. The number of nitrogens with one attached hydrogen (secondary N) is 1. The Bertz CT molecular complexity index is 1650. The Kier molecular flexibility index (Phi) is 10.2. The molecule has 13 heteroatoms. The predicted molar refractivity (Wildman–Crippen MR) is 177 cm³/mol. The highest BCUT2D eigenvalue weighted by Crippen LogP contribution is 2.40. The van der Waals surface area contributed by atoms with Crippen LogP contribution < -0.4 is 15.0 Å². The van der Waals surface area contributed by atoms with Crippen molar-refractivity contribution in [2.75, 3.05) is 44.3 Å². The third-order valence-electron chi connectivity index (χ3n) is 8.23. The van der Waals surface area contributed by atoms with E-state index in [0.717, 1.165) is 11.3 Å². The molecule has 2 N–H and O–H groups in total. The predicted octanol–water partition coefficient (Wildman–Crippen LogP) is 5.06. The molecule has 11 nitrogen and oxygen atoms in total. The van der Waals surface area contributed by atoms with Crippen molar-refractivity contribution in [1.82, 2.24) is 19.8 Å². The summed E-state index contributed by atoms with van der Waals surface area (Å²) in [5.74, 6) is -1.50. The van der Waals surface area contributed by atoms with Crippen molar-refractivity contribution in [2.45, 2.75) is 30.9 Å². The molecule has 1 aromatic heterocycles. The van der Waals surface area contributed by atoms with Crippen LogP contribution >= 0.6 is 23.2 Å². The van der Waals surface area contributed by atoms with Crippen molar-refractivity contribution in [2.24, 2.45) is 0 Å². The molecule has 246 valence electrons. The van der Waals surface area contributed by atoms with Gasteiger partial charge in [0.15, 0.2) is 0 Å². The zero-order valence-electron chi connectivity index (χ0n) is 25.5. The molecular formula is C34H35Cl2N5O6. The second-order valence-electron chi connectivity index (χ2n) is 11.5. The third kappa shape index (κ3) is 7.99. The van der Waals surface area contributed by atoms with Crippen molar-refractivity contribution >= 4 is 40.9 Å². The number of urea groups is 1. The molecule has 2 aliphatic heterocycles. The van der Waals surface area contributed by atoms with Gasteiger partial charge in [0, 0.05) is 61.3 Å². The molecule has 2 aliphatic rings. The molecule has 0 unspecified atom stereocenters. The molecule has 0 saturated carbocycles. The maximum absolute atomic E-state index is 12.9. The highest BCUT2D eigenvalue weighted by molar-refractivity contribution is 6.35. The van der Waals surface area contributed by atoms with E-state index < -0.39 is 17.8 Å². The molecule has 2 saturated heterocycles. The van der Waals surface area contributed by atoms with Crippen molar-refractivity contribution in [1.29, 1.82) is 0 Å². The molecule has 6 rings (SSSR count). The number of amides is 2. The van der Waals surface area contributed by atoms with Crippen molar-refractivity contribution < 1.29 is 28.9 Å². The van der Waals surface area contributed by atoms with Crippen LogP contribution in [-0.4, -0.2) is 83.1 Å². The van der Waals surface area contributed by atoms with Crippen LogP contribution in [0.25, 0.3) is 0 Å². The van der Waals surface area contributed by atoms with E-state index in [2.05, 4.69) is 15.2 Å². The Morgan fingerprint density at radius 1 is 1.04 bits per heavy atom. The highest BCUT2D eigenvalue weighted by atomic mass is 35.5. The second kappa shape index (κ2) is 14.6. The summed E-state index contributed by atoms with van der Waals surface area (Å²) in [6.45, 7) is 3.10. The average molecular weight is 681 g/mol. The summed E-state index contributed by atoms with van der Waals surface area (Å²) in [6, 6.07) is 20.9. The van der Waals surface area contributed by atoms with E-state index in [1.54, 1.807) is 29.6 Å². The summed E-state index contributed by atoms with van der Waals surface area (Å²) in [7, 11) is 0. The molecule has 3 atom stereocenters. The molecule has 0 aliphatic carbocycles. The number of aliphatic carboxylic acids is 1. The van der Waals surface area contributed by atoms with Crippen LogP contribution in [0.3, 0.4) is 0 Å². The largest absolute Gasteiger partial charge is 0.491 e. The van der Waals surface area contributed by atoms with E-state index in [9.17, 15) is 14.7 Å². The van der Waals surface area contributed by atoms with Gasteiger partial charge < -0.3 is 39.0 Å². The summed E-state index contributed by atoms with van der Waals surface area (Å²) in [4.78, 5) is 32.7. The summed E-state index contributed by atoms with van der Waals surface area (Å²) in [5.41, 5.74) is 2.53. The van der Waals surface area contributed by atoms with Crippen LogP contribution in [0.5, 0.6) is 5.75 Å². The zero-order chi connectivity index (χ0) is 32.8. The fourth-order valence-electron chi connectivity index (χ4n) is 5.78. The van der Waals surface area contributed by atoms with E-state index in [-0.39, 0.29) is 25.2 Å². The van der Waals surface area contributed by atoms with Crippen LogP contribution in [0.1, 0.15) is 11.1 Å². The molecule has 0 radical (unpaired) electrons. The lowest BCUT2D eigenvalue weighted by molar-refractivity contribution is -0.189. The number of aromatic nitrogens is 2. The number of ether oxygens (including phenoxy) is 3. The zero-order valence-corrected chi connectivity index (χ0v) is 27.0. The Labute approximate surface area is 282 Å². The van der Waals surface area contributed by atoms with Crippen LogP contribution in [-0.2, 0) is 33.0 Å². The number of rotatable bonds is 11. The van der Waals surface area contributed by atoms with Gasteiger partial charge in [-0.25, -0.2) is 14.6 Å². The van der Waals surface area contributed by atoms with Crippen molar-refractivity contribution in [3.8, 4) is 5.75 Å². The molecule has 0 spiro atoms. The minimum absolute atomic E-state index is 0.222. The number of nitrogens with zero attached hydrogens (tertiary/aromatic N) is 4. The smallest absolute Gasteiger partial charge is 0.326 e. The van der Waals surface area contributed by atoms with E-state index in [0.29, 0.717) is 60.7 Å². The lowest BCUT2D eigenvalue weighted by atomic mass is 10.1. The van der Waals surface area contributed by atoms with Gasteiger partial charge in [0.1, 0.15) is 24.5 Å². The Hall–Kier alpha value is -4.29. The first-order valence-corrected chi connectivity index (χ1v) is 16.1. The first kappa shape index (κ1) is 32.6. The topological polar surface area (TPSA) is 118 Å². The van der Waals surface area contributed by atoms with Crippen molar-refractivity contribution in [3.05, 3.63) is 113 Å². The fraction of sp³-hybridized carbons (Fsp3) is 0.324. The molecular weight excluding hydrogens is 645 g/mol.